The molecule has 0 bridgehead atoms. The lowest BCUT2D eigenvalue weighted by Crippen LogP contribution is -2.16. The highest BCUT2D eigenvalue weighted by Crippen LogP contribution is 2.36. The summed E-state index contributed by atoms with van der Waals surface area (Å²) in [6.07, 6.45) is 3.50. The molecule has 0 saturated heterocycles. The molecule has 0 spiro atoms. The summed E-state index contributed by atoms with van der Waals surface area (Å²) < 4.78 is 32.9. The molecule has 0 radical (unpaired) electrons. The summed E-state index contributed by atoms with van der Waals surface area (Å²) in [4.78, 5) is 20.4. The van der Waals surface area contributed by atoms with E-state index in [4.69, 9.17) is 16.3 Å². The van der Waals surface area contributed by atoms with Gasteiger partial charge in [0.05, 0.1) is 29.7 Å². The third-order valence-corrected chi connectivity index (χ3v) is 4.45. The number of carbonyl (C=O) groups is 1. The predicted octanol–water partition coefficient (Wildman–Crippen LogP) is 4.26. The summed E-state index contributed by atoms with van der Waals surface area (Å²) in [6, 6.07) is 6.81. The molecule has 3 aromatic rings. The van der Waals surface area contributed by atoms with Crippen molar-refractivity contribution in [2.24, 2.45) is 0 Å². The van der Waals surface area contributed by atoms with Crippen LogP contribution < -0.4 is 10.1 Å². The molecular weight excluding hydrogens is 376 g/mol. The molecule has 136 valence electrons. The number of nitrogens with one attached hydrogen (secondary N) is 1. The lowest BCUT2D eigenvalue weighted by atomic mass is 10.1. The number of carbonyl (C=O) groups excluding carboxylic acids is 1. The number of hydrogen-bond acceptors (Lipinski definition) is 4. The number of benzene rings is 2. The zero-order valence-electron chi connectivity index (χ0n) is 13.8. The lowest BCUT2D eigenvalue weighted by Gasteiger charge is -2.09. The van der Waals surface area contributed by atoms with Crippen LogP contribution in [0, 0.1) is 11.6 Å². The van der Waals surface area contributed by atoms with Crippen molar-refractivity contribution in [1.82, 2.24) is 9.97 Å². The van der Waals surface area contributed by atoms with E-state index in [9.17, 15) is 13.6 Å². The van der Waals surface area contributed by atoms with E-state index in [-0.39, 0.29) is 5.82 Å². The van der Waals surface area contributed by atoms with Gasteiger partial charge in [-0.15, -0.1) is 0 Å². The summed E-state index contributed by atoms with van der Waals surface area (Å²) in [5, 5.41) is 2.84. The molecule has 1 aliphatic rings. The number of anilines is 1. The zero-order chi connectivity index (χ0) is 19.0. The van der Waals surface area contributed by atoms with Gasteiger partial charge in [0.1, 0.15) is 22.9 Å². The Bertz CT molecular complexity index is 1020. The van der Waals surface area contributed by atoms with Gasteiger partial charge in [-0.2, -0.15) is 0 Å². The number of halogens is 3. The van der Waals surface area contributed by atoms with Gasteiger partial charge in [0.25, 0.3) is 5.91 Å². The molecule has 4 rings (SSSR count). The number of aromatic nitrogens is 2. The smallest absolute Gasteiger partial charge is 0.262 e. The van der Waals surface area contributed by atoms with Gasteiger partial charge in [0.2, 0.25) is 0 Å². The van der Waals surface area contributed by atoms with Crippen molar-refractivity contribution in [3.8, 4) is 17.0 Å². The Balaban J connectivity index is 1.57. The highest BCUT2D eigenvalue weighted by molar-refractivity contribution is 6.33. The van der Waals surface area contributed by atoms with Crippen molar-refractivity contribution in [2.75, 3.05) is 11.9 Å². The molecule has 0 atom stereocenters. The average Bonchev–Trinajstić information content (AvgIpc) is 3.09. The average molecular weight is 388 g/mol. The van der Waals surface area contributed by atoms with Gasteiger partial charge in [0.15, 0.2) is 5.82 Å². The number of ether oxygens (including phenoxy) is 1. The van der Waals surface area contributed by atoms with E-state index in [0.717, 1.165) is 29.9 Å². The molecule has 5 nitrogen and oxygen atoms in total. The van der Waals surface area contributed by atoms with Gasteiger partial charge in [-0.25, -0.2) is 13.8 Å². The van der Waals surface area contributed by atoms with Crippen LogP contribution in [0.4, 0.5) is 14.6 Å². The van der Waals surface area contributed by atoms with Crippen molar-refractivity contribution in [3.63, 3.8) is 0 Å². The fourth-order valence-corrected chi connectivity index (χ4v) is 3.10. The Labute approximate surface area is 158 Å². The van der Waals surface area contributed by atoms with E-state index in [1.807, 2.05) is 6.07 Å². The second-order valence-electron chi connectivity index (χ2n) is 5.88. The number of nitrogens with zero attached hydrogens (tertiary/aromatic N) is 2. The summed E-state index contributed by atoms with van der Waals surface area (Å²) in [6.45, 7) is 0.609. The summed E-state index contributed by atoms with van der Waals surface area (Å²) >= 11 is 6.31. The van der Waals surface area contributed by atoms with E-state index in [1.54, 1.807) is 6.07 Å². The van der Waals surface area contributed by atoms with Gasteiger partial charge < -0.3 is 10.1 Å². The van der Waals surface area contributed by atoms with Crippen molar-refractivity contribution in [1.29, 1.82) is 0 Å². The maximum atomic E-state index is 13.7. The van der Waals surface area contributed by atoms with Crippen LogP contribution in [0.1, 0.15) is 15.9 Å². The van der Waals surface area contributed by atoms with Crippen molar-refractivity contribution < 1.29 is 18.3 Å². The van der Waals surface area contributed by atoms with E-state index in [1.165, 1.54) is 18.5 Å². The Kier molecular flexibility index (Phi) is 4.45. The van der Waals surface area contributed by atoms with Gasteiger partial charge >= 0.3 is 0 Å². The molecule has 0 aliphatic carbocycles. The molecule has 1 aliphatic heterocycles. The fourth-order valence-electron chi connectivity index (χ4n) is 2.82. The first kappa shape index (κ1) is 17.4. The van der Waals surface area contributed by atoms with E-state index in [0.29, 0.717) is 22.9 Å². The summed E-state index contributed by atoms with van der Waals surface area (Å²) in [5.74, 6) is -2.05. The number of amides is 1. The minimum atomic E-state index is -0.956. The maximum Gasteiger partial charge on any atom is 0.262 e. The molecule has 8 heteroatoms. The minimum Gasteiger partial charge on any atom is -0.493 e. The van der Waals surface area contributed by atoms with Crippen LogP contribution in [-0.2, 0) is 6.42 Å². The van der Waals surface area contributed by atoms with Gasteiger partial charge in [-0.05, 0) is 29.8 Å². The first-order valence-corrected chi connectivity index (χ1v) is 8.44. The molecule has 0 unspecified atom stereocenters. The number of hydrogen-bond donors (Lipinski definition) is 1. The van der Waals surface area contributed by atoms with Gasteiger partial charge in [-0.3, -0.25) is 9.78 Å². The summed E-state index contributed by atoms with van der Waals surface area (Å²) in [7, 11) is 0. The van der Waals surface area contributed by atoms with Crippen LogP contribution in [0.3, 0.4) is 0 Å². The molecule has 2 heterocycles. The van der Waals surface area contributed by atoms with Crippen molar-refractivity contribution >= 4 is 23.3 Å². The monoisotopic (exact) mass is 387 g/mol. The largest absolute Gasteiger partial charge is 0.493 e. The van der Waals surface area contributed by atoms with Gasteiger partial charge in [-0.1, -0.05) is 17.7 Å². The second-order valence-corrected chi connectivity index (χ2v) is 6.28. The highest BCUT2D eigenvalue weighted by atomic mass is 35.5. The third-order valence-electron chi connectivity index (χ3n) is 4.14. The van der Waals surface area contributed by atoms with Crippen LogP contribution in [0.2, 0.25) is 5.02 Å². The molecular formula is C19H12ClF2N3O2. The molecule has 0 fully saturated rings. The number of rotatable bonds is 3. The molecule has 0 saturated carbocycles. The quantitative estimate of drug-likeness (QED) is 0.729. The second kappa shape index (κ2) is 6.92. The third kappa shape index (κ3) is 3.33. The minimum absolute atomic E-state index is 0.0555. The molecule has 27 heavy (non-hydrogen) atoms. The van der Waals surface area contributed by atoms with Crippen molar-refractivity contribution in [2.45, 2.75) is 6.42 Å². The summed E-state index contributed by atoms with van der Waals surface area (Å²) in [5.41, 5.74) is 1.48. The molecule has 2 aromatic carbocycles. The van der Waals surface area contributed by atoms with Crippen LogP contribution in [0.25, 0.3) is 11.3 Å². The Hall–Kier alpha value is -3.06. The normalized spacial score (nSPS) is 12.4. The fraction of sp³-hybridized carbons (Fsp3) is 0.105. The highest BCUT2D eigenvalue weighted by Gasteiger charge is 2.19. The van der Waals surface area contributed by atoms with E-state index < -0.39 is 23.1 Å². The first-order chi connectivity index (χ1) is 13.0. The SMILES string of the molecule is O=C(Nc1cnc(-c2cc3c(cc2Cl)CCO3)cn1)c1c(F)cccc1F. The maximum absolute atomic E-state index is 13.7. The topological polar surface area (TPSA) is 64.1 Å². The van der Waals surface area contributed by atoms with Crippen LogP contribution >= 0.6 is 11.6 Å². The Morgan fingerprint density at radius 2 is 1.93 bits per heavy atom. The van der Waals surface area contributed by atoms with Crippen LogP contribution in [0.15, 0.2) is 42.7 Å². The number of fused-ring (bicyclic) bond motifs is 1. The molecule has 1 aromatic heterocycles. The van der Waals surface area contributed by atoms with E-state index >= 15 is 0 Å². The Morgan fingerprint density at radius 1 is 1.15 bits per heavy atom. The van der Waals surface area contributed by atoms with Crippen LogP contribution in [0.5, 0.6) is 5.75 Å². The Morgan fingerprint density at radius 3 is 2.63 bits per heavy atom. The molecule has 1 N–H and O–H groups in total. The first-order valence-electron chi connectivity index (χ1n) is 8.06. The van der Waals surface area contributed by atoms with Gasteiger partial charge in [0, 0.05) is 12.0 Å². The van der Waals surface area contributed by atoms with Crippen LogP contribution in [-0.4, -0.2) is 22.5 Å². The standard InChI is InChI=1S/C19H12ClF2N3O2/c20-12-6-10-4-5-27-16(10)7-11(12)15-8-24-17(9-23-15)25-19(26)18-13(21)2-1-3-14(18)22/h1-3,6-9H,4-5H2,(H,24,25,26). The molecule has 1 amide bonds. The lowest BCUT2D eigenvalue weighted by molar-refractivity contribution is 0.101. The zero-order valence-corrected chi connectivity index (χ0v) is 14.6. The van der Waals surface area contributed by atoms with E-state index in [2.05, 4.69) is 15.3 Å². The van der Waals surface area contributed by atoms with Crippen molar-refractivity contribution in [3.05, 3.63) is 70.5 Å². The predicted molar refractivity (Wildman–Crippen MR) is 96.0 cm³/mol.